The fraction of sp³-hybridized carbons (Fsp3) is 0.494. The first-order valence-corrected chi connectivity index (χ1v) is 48.7. The third kappa shape index (κ3) is 15.0. The zero-order chi connectivity index (χ0) is 82.4. The number of anilines is 3. The van der Waals surface area contributed by atoms with Crippen LogP contribution in [0.5, 0.6) is 0 Å². The van der Waals surface area contributed by atoms with Gasteiger partial charge in [-0.15, -0.1) is 0 Å². The maximum absolute atomic E-state index is 16.6. The molecule has 3 amide bonds. The maximum atomic E-state index is 16.6. The zero-order valence-corrected chi connectivity index (χ0v) is 72.2. The Kier molecular flexibility index (Phi) is 22.6. The molecule has 0 aliphatic heterocycles. The minimum absolute atomic E-state index is 0.00487. The third-order valence-corrected chi connectivity index (χ3v) is 40.5. The van der Waals surface area contributed by atoms with Crippen molar-refractivity contribution >= 4 is 110 Å². The summed E-state index contributed by atoms with van der Waals surface area (Å²) < 4.78 is 74.4. The Morgan fingerprint density at radius 1 is 0.465 bits per heavy atom. The SMILES string of the molecule is CC[C@@]12C[C@@H]1[C@@H](n1cnc3c(N(C(=O)c4ccccc4)C(=O)c4ccccc4)ncnc31)[C@H](F)[C@@H]2O[Si](C)(C)C(C)(C)C.CC[C@@]12C[C@@H]1[C@@H](n1cnc3c(N)ncnc31)[C@H](F)[C@@H]2O[Si](C)(C)C(C)(C)C.CC[C@@]12C[C@@H]1[C@@H](n1cnc3c(NC(=O)c4ccccc4)ncnc31)[C@H](F)[C@@H]2O[Si](C)(C)C(C)(C)C.O=C(Cl)c1ccccc1. The molecule has 3 N–H and O–H groups in total. The predicted octanol–water partition coefficient (Wildman–Crippen LogP) is 19.0. The van der Waals surface area contributed by atoms with Crippen LogP contribution in [0, 0.1) is 34.0 Å². The number of halogens is 4. The minimum Gasteiger partial charge on any atom is -0.410 e. The quantitative estimate of drug-likeness (QED) is 0.0459. The smallest absolute Gasteiger partial charge is 0.266 e. The number of hydrogen-bond acceptors (Lipinski definition) is 17. The first-order valence-electron chi connectivity index (χ1n) is 39.6. The van der Waals surface area contributed by atoms with E-state index in [2.05, 4.69) is 173 Å². The lowest BCUT2D eigenvalue weighted by Crippen LogP contribution is -2.48. The minimum atomic E-state index is -2.24. The number of nitrogens with two attached hydrogens (primary N) is 1. The first-order chi connectivity index (χ1) is 53.7. The third-order valence-electron chi connectivity index (χ3n) is 27.0. The Balaban J connectivity index is 0.000000144. The predicted molar refractivity (Wildman–Crippen MR) is 446 cm³/mol. The second-order valence-corrected chi connectivity index (χ2v) is 50.8. The van der Waals surface area contributed by atoms with Gasteiger partial charge in [0.2, 0.25) is 0 Å². The fourth-order valence-electron chi connectivity index (χ4n) is 17.0. The van der Waals surface area contributed by atoms with E-state index in [0.717, 1.165) is 43.4 Å². The second kappa shape index (κ2) is 31.0. The topological polar surface area (TPSA) is 268 Å². The molecule has 4 aromatic carbocycles. The number of nitrogen functional groups attached to an aromatic ring is 1. The van der Waals surface area contributed by atoms with Crippen LogP contribution in [-0.2, 0) is 13.3 Å². The van der Waals surface area contributed by atoms with E-state index in [-0.39, 0.29) is 78.5 Å². The van der Waals surface area contributed by atoms with Gasteiger partial charge in [0.15, 0.2) is 70.4 Å². The number of rotatable bonds is 18. The van der Waals surface area contributed by atoms with Gasteiger partial charge < -0.3 is 38.0 Å². The highest BCUT2D eigenvalue weighted by Gasteiger charge is 2.75. The van der Waals surface area contributed by atoms with Crippen LogP contribution in [0.1, 0.15) is 181 Å². The molecule has 6 aliphatic carbocycles. The number of hydrogen-bond donors (Lipinski definition) is 2. The molecule has 29 heteroatoms. The average molecular weight is 1630 g/mol. The van der Waals surface area contributed by atoms with Crippen molar-refractivity contribution in [2.24, 2.45) is 34.0 Å². The molecule has 16 rings (SSSR count). The molecule has 0 unspecified atom stereocenters. The van der Waals surface area contributed by atoms with Crippen LogP contribution >= 0.6 is 11.6 Å². The van der Waals surface area contributed by atoms with Gasteiger partial charge in [-0.3, -0.25) is 19.2 Å². The lowest BCUT2D eigenvalue weighted by Gasteiger charge is -2.41. The summed E-state index contributed by atoms with van der Waals surface area (Å²) in [6.45, 7) is 39.2. The standard InChI is InChI=1S/C33H38FN5O3Si.C26H34FN5O2Si.C19H30FN5OSi.C7H5ClO/c1-7-33-18-23(33)26(24(34)27(33)42-43(5,6)32(2,3)4)38-20-37-25-28(38)35-19-36-29(25)39(30(40)21-14-10-8-11-15-21)31(41)22-16-12-9-13-17-22;1-7-26-13-17(26)20(18(27)21(26)34-35(5,6)25(2,3)4)32-15-30-19-22(28-14-29-23(19)32)31-24(33)16-11-9-8-10-12-16;1-7-19-8-11(19)14(12(20)15(19)26-27(5,6)18(2,3)4)25-10-24-13-16(21)22-9-23-17(13)25;8-7(9)6-4-2-1-3-5-6/h8-17,19-20,23-24,26-27H,7,18H2,1-6H3;8-12,14-15,17-18,20-21H,7,13H2,1-6H3,(H,28,29,31,33);9-12,14-15H,7-8H2,1-6H3,(H2,21,22,23);1-5H/t23-,24+,26-,27+,33-;17-,18+,20-,21+,26-;11-,12+,14-,15+,19-;/m111./s1. The molecule has 604 valence electrons. The highest BCUT2D eigenvalue weighted by atomic mass is 35.5. The van der Waals surface area contributed by atoms with Crippen LogP contribution < -0.4 is 16.0 Å². The molecule has 0 radical (unpaired) electrons. The Morgan fingerprint density at radius 3 is 1.13 bits per heavy atom. The van der Waals surface area contributed by atoms with Gasteiger partial charge in [0.1, 0.15) is 43.0 Å². The Labute approximate surface area is 673 Å². The molecule has 0 spiro atoms. The van der Waals surface area contributed by atoms with E-state index >= 15 is 13.2 Å². The molecule has 15 atom stereocenters. The number of amides is 3. The van der Waals surface area contributed by atoms with Gasteiger partial charge in [0.25, 0.3) is 23.0 Å². The van der Waals surface area contributed by atoms with Gasteiger partial charge in [-0.25, -0.2) is 62.9 Å². The number of fused-ring (bicyclic) bond motifs is 6. The van der Waals surface area contributed by atoms with Crippen LogP contribution in [-0.4, -0.2) is 143 Å². The highest BCUT2D eigenvalue weighted by Crippen LogP contribution is 2.74. The molecular weight excluding hydrogens is 1520 g/mol. The summed E-state index contributed by atoms with van der Waals surface area (Å²) in [7, 11) is -6.48. The van der Waals surface area contributed by atoms with Crippen molar-refractivity contribution in [1.82, 2.24) is 58.6 Å². The molecule has 22 nitrogen and oxygen atoms in total. The molecule has 6 aromatic heterocycles. The second-order valence-electron chi connectivity index (χ2n) is 36.2. The van der Waals surface area contributed by atoms with E-state index in [4.69, 9.17) is 30.6 Å². The summed E-state index contributed by atoms with van der Waals surface area (Å²) in [5.74, 6) is -0.141. The van der Waals surface area contributed by atoms with E-state index in [1.807, 2.05) is 21.3 Å². The molecule has 6 heterocycles. The van der Waals surface area contributed by atoms with Gasteiger partial charge >= 0.3 is 0 Å². The molecule has 6 aliphatic rings. The normalized spacial score (nSPS) is 26.7. The molecule has 6 fully saturated rings. The van der Waals surface area contributed by atoms with Gasteiger partial charge in [-0.05, 0) is 159 Å². The number of nitrogens with zero attached hydrogens (tertiary/aromatic N) is 13. The summed E-state index contributed by atoms with van der Waals surface area (Å²) in [4.78, 5) is 91.2. The molecular formula is C85H107ClF3N15O7Si3. The van der Waals surface area contributed by atoms with Crippen molar-refractivity contribution in [1.29, 1.82) is 0 Å². The summed E-state index contributed by atoms with van der Waals surface area (Å²) in [6, 6.07) is 33.6. The lowest BCUT2D eigenvalue weighted by atomic mass is 9.97. The molecule has 0 saturated heterocycles. The number of carbonyl (C=O) groups excluding carboxylic acids is 4. The first kappa shape index (κ1) is 83.2. The number of benzene rings is 4. The lowest BCUT2D eigenvalue weighted by molar-refractivity contribution is 0.0389. The van der Waals surface area contributed by atoms with E-state index in [9.17, 15) is 19.2 Å². The van der Waals surface area contributed by atoms with Gasteiger partial charge in [0, 0.05) is 38.5 Å². The highest BCUT2D eigenvalue weighted by molar-refractivity contribution is 6.75. The summed E-state index contributed by atoms with van der Waals surface area (Å²) in [5, 5.41) is 2.43. The number of imidazole rings is 3. The average Bonchev–Trinajstić information content (AvgIpc) is 1.53. The summed E-state index contributed by atoms with van der Waals surface area (Å²) in [5.41, 5.74) is 9.97. The Hall–Kier alpha value is -8.78. The Bertz CT molecular complexity index is 5130. The molecule has 6 saturated carbocycles. The van der Waals surface area contributed by atoms with Gasteiger partial charge in [-0.2, -0.15) is 0 Å². The number of alkyl halides is 3. The van der Waals surface area contributed by atoms with Crippen molar-refractivity contribution in [2.75, 3.05) is 16.0 Å². The fourth-order valence-corrected chi connectivity index (χ4v) is 21.2. The van der Waals surface area contributed by atoms with E-state index in [1.54, 1.807) is 133 Å². The maximum Gasteiger partial charge on any atom is 0.266 e. The van der Waals surface area contributed by atoms with Crippen molar-refractivity contribution in [3.05, 3.63) is 182 Å². The summed E-state index contributed by atoms with van der Waals surface area (Å²) >= 11 is 5.16. The van der Waals surface area contributed by atoms with Crippen LogP contribution in [0.15, 0.2) is 159 Å². The Morgan fingerprint density at radius 2 is 0.781 bits per heavy atom. The number of aromatic nitrogens is 12. The molecule has 0 bridgehead atoms. The van der Waals surface area contributed by atoms with Crippen molar-refractivity contribution in [2.45, 2.75) is 231 Å². The van der Waals surface area contributed by atoms with Gasteiger partial charge in [-0.1, -0.05) is 168 Å². The van der Waals surface area contributed by atoms with Crippen LogP contribution in [0.25, 0.3) is 33.5 Å². The van der Waals surface area contributed by atoms with Crippen LogP contribution in [0.2, 0.25) is 54.4 Å². The number of nitrogens with one attached hydrogen (secondary N) is 1. The molecule has 10 aromatic rings. The number of imide groups is 1. The van der Waals surface area contributed by atoms with Crippen LogP contribution in [0.3, 0.4) is 0 Å². The summed E-state index contributed by atoms with van der Waals surface area (Å²) in [6.07, 6.45) is 9.66. The van der Waals surface area contributed by atoms with Crippen molar-refractivity contribution in [3.63, 3.8) is 0 Å². The zero-order valence-electron chi connectivity index (χ0n) is 68.4. The number of carbonyl (C=O) groups is 4. The molecule has 114 heavy (non-hydrogen) atoms. The van der Waals surface area contributed by atoms with Crippen molar-refractivity contribution in [3.8, 4) is 0 Å². The van der Waals surface area contributed by atoms with E-state index in [0.29, 0.717) is 61.9 Å². The van der Waals surface area contributed by atoms with E-state index < -0.39 is 84.8 Å². The monoisotopic (exact) mass is 1630 g/mol. The largest absolute Gasteiger partial charge is 0.410 e. The van der Waals surface area contributed by atoms with Crippen molar-refractivity contribution < 1.29 is 45.6 Å². The van der Waals surface area contributed by atoms with Crippen LogP contribution in [0.4, 0.5) is 30.6 Å². The van der Waals surface area contributed by atoms with Gasteiger partial charge in [0.05, 0.1) is 55.4 Å². The van der Waals surface area contributed by atoms with E-state index in [1.165, 1.54) is 19.0 Å².